The average molecular weight is 232 g/mol. The normalized spacial score (nSPS) is 29.4. The summed E-state index contributed by atoms with van der Waals surface area (Å²) in [6.45, 7) is 7.91. The molecule has 0 amide bonds. The molecule has 4 heterocycles. The molecule has 4 nitrogen and oxygen atoms in total. The zero-order valence-corrected chi connectivity index (χ0v) is 10.6. The summed E-state index contributed by atoms with van der Waals surface area (Å²) >= 11 is 0. The van der Waals surface area contributed by atoms with Gasteiger partial charge in [-0.2, -0.15) is 0 Å². The topological polar surface area (TPSA) is 32.3 Å². The van der Waals surface area contributed by atoms with Crippen molar-refractivity contribution in [3.63, 3.8) is 0 Å². The summed E-state index contributed by atoms with van der Waals surface area (Å²) in [6, 6.07) is 4.00. The minimum atomic E-state index is 0.676. The van der Waals surface area contributed by atoms with Gasteiger partial charge in [0.25, 0.3) is 0 Å². The van der Waals surface area contributed by atoms with Crippen LogP contribution in [-0.2, 0) is 6.54 Å². The monoisotopic (exact) mass is 232 g/mol. The molecule has 2 bridgehead atoms. The molecule has 2 unspecified atom stereocenters. The van der Waals surface area contributed by atoms with Gasteiger partial charge < -0.3 is 0 Å². The van der Waals surface area contributed by atoms with Crippen LogP contribution in [0.15, 0.2) is 18.5 Å². The first-order chi connectivity index (χ1) is 8.24. The van der Waals surface area contributed by atoms with Crippen molar-refractivity contribution in [2.75, 3.05) is 13.1 Å². The van der Waals surface area contributed by atoms with Crippen molar-refractivity contribution >= 4 is 0 Å². The van der Waals surface area contributed by atoms with Crippen LogP contribution in [0.1, 0.15) is 26.1 Å². The molecule has 1 aromatic heterocycles. The number of piperazine rings is 1. The molecule has 0 N–H and O–H groups in total. The zero-order valence-electron chi connectivity index (χ0n) is 10.6. The number of piperidine rings is 1. The molecule has 92 valence electrons. The maximum absolute atomic E-state index is 4.32. The van der Waals surface area contributed by atoms with Crippen LogP contribution in [-0.4, -0.2) is 51.0 Å². The fraction of sp³-hybridized carbons (Fsp3) is 0.692. The third-order valence-electron chi connectivity index (χ3n) is 4.05. The van der Waals surface area contributed by atoms with Gasteiger partial charge in [-0.3, -0.25) is 9.80 Å². The smallest absolute Gasteiger partial charge is 0.142 e. The van der Waals surface area contributed by atoms with E-state index >= 15 is 0 Å². The number of aromatic nitrogens is 2. The highest BCUT2D eigenvalue weighted by atomic mass is 15.4. The number of hydrogen-bond acceptors (Lipinski definition) is 4. The van der Waals surface area contributed by atoms with E-state index in [0.717, 1.165) is 24.5 Å². The Morgan fingerprint density at radius 1 is 1.24 bits per heavy atom. The molecule has 3 aliphatic rings. The first-order valence-corrected chi connectivity index (χ1v) is 6.49. The van der Waals surface area contributed by atoms with Crippen LogP contribution in [0.4, 0.5) is 0 Å². The van der Waals surface area contributed by atoms with Gasteiger partial charge in [0.15, 0.2) is 0 Å². The lowest BCUT2D eigenvalue weighted by Gasteiger charge is -2.57. The highest BCUT2D eigenvalue weighted by Crippen LogP contribution is 2.33. The highest BCUT2D eigenvalue weighted by Gasteiger charge is 2.44. The van der Waals surface area contributed by atoms with Crippen molar-refractivity contribution in [2.45, 2.75) is 44.9 Å². The lowest BCUT2D eigenvalue weighted by molar-refractivity contribution is -0.0847. The molecule has 4 rings (SSSR count). The largest absolute Gasteiger partial charge is 0.298 e. The molecule has 3 saturated heterocycles. The summed E-state index contributed by atoms with van der Waals surface area (Å²) in [4.78, 5) is 13.8. The van der Waals surface area contributed by atoms with Gasteiger partial charge in [0.2, 0.25) is 0 Å². The quantitative estimate of drug-likeness (QED) is 0.782. The van der Waals surface area contributed by atoms with Gasteiger partial charge in [0.1, 0.15) is 5.82 Å². The summed E-state index contributed by atoms with van der Waals surface area (Å²) in [5.74, 6) is 0.959. The molecule has 3 aliphatic heterocycles. The van der Waals surface area contributed by atoms with E-state index in [0.29, 0.717) is 6.04 Å². The molecule has 3 fully saturated rings. The third-order valence-corrected chi connectivity index (χ3v) is 4.05. The second-order valence-electron chi connectivity index (χ2n) is 5.43. The van der Waals surface area contributed by atoms with Crippen LogP contribution in [0, 0.1) is 0 Å². The van der Waals surface area contributed by atoms with Gasteiger partial charge in [-0.05, 0) is 26.3 Å². The second-order valence-corrected chi connectivity index (χ2v) is 5.43. The van der Waals surface area contributed by atoms with Gasteiger partial charge in [0.05, 0.1) is 6.54 Å². The minimum Gasteiger partial charge on any atom is -0.298 e. The van der Waals surface area contributed by atoms with Crippen molar-refractivity contribution < 1.29 is 0 Å². The van der Waals surface area contributed by atoms with Crippen molar-refractivity contribution in [3.8, 4) is 0 Å². The summed E-state index contributed by atoms with van der Waals surface area (Å²) in [5.41, 5.74) is 0. The predicted molar refractivity (Wildman–Crippen MR) is 66.5 cm³/mol. The van der Waals surface area contributed by atoms with Crippen molar-refractivity contribution in [1.29, 1.82) is 0 Å². The lowest BCUT2D eigenvalue weighted by atomic mass is 9.86. The Morgan fingerprint density at radius 2 is 1.88 bits per heavy atom. The van der Waals surface area contributed by atoms with Crippen molar-refractivity contribution in [3.05, 3.63) is 24.3 Å². The molecule has 2 atom stereocenters. The molecule has 0 saturated carbocycles. The Balaban J connectivity index is 1.62. The van der Waals surface area contributed by atoms with Gasteiger partial charge in [-0.1, -0.05) is 0 Å². The van der Waals surface area contributed by atoms with E-state index in [9.17, 15) is 0 Å². The van der Waals surface area contributed by atoms with Crippen LogP contribution in [0.3, 0.4) is 0 Å². The number of fused-ring (bicyclic) bond motifs is 2. The van der Waals surface area contributed by atoms with Crippen LogP contribution in [0.5, 0.6) is 0 Å². The molecule has 0 radical (unpaired) electrons. The Morgan fingerprint density at radius 3 is 2.47 bits per heavy atom. The van der Waals surface area contributed by atoms with Gasteiger partial charge >= 0.3 is 0 Å². The summed E-state index contributed by atoms with van der Waals surface area (Å²) < 4.78 is 0. The van der Waals surface area contributed by atoms with Gasteiger partial charge in [-0.15, -0.1) is 0 Å². The van der Waals surface area contributed by atoms with E-state index in [2.05, 4.69) is 33.6 Å². The molecule has 4 heteroatoms. The first kappa shape index (κ1) is 11.1. The van der Waals surface area contributed by atoms with E-state index in [4.69, 9.17) is 0 Å². The molecule has 0 aliphatic carbocycles. The predicted octanol–water partition coefficient (Wildman–Crippen LogP) is 1.14. The molecule has 1 aromatic rings. The fourth-order valence-corrected chi connectivity index (χ4v) is 2.97. The summed E-state index contributed by atoms with van der Waals surface area (Å²) in [5, 5.41) is 0. The van der Waals surface area contributed by atoms with E-state index in [1.807, 2.05) is 18.5 Å². The molecular weight excluding hydrogens is 212 g/mol. The van der Waals surface area contributed by atoms with E-state index in [1.165, 1.54) is 19.5 Å². The lowest BCUT2D eigenvalue weighted by Crippen LogP contribution is -2.69. The minimum absolute atomic E-state index is 0.676. The summed E-state index contributed by atoms with van der Waals surface area (Å²) in [7, 11) is 0. The zero-order chi connectivity index (χ0) is 11.8. The van der Waals surface area contributed by atoms with Crippen LogP contribution < -0.4 is 0 Å². The van der Waals surface area contributed by atoms with E-state index in [-0.39, 0.29) is 0 Å². The average Bonchev–Trinajstić information content (AvgIpc) is 2.37. The SMILES string of the molecule is CC(C)N1CC2CC(C1)N2Cc1ncccn1. The van der Waals surface area contributed by atoms with E-state index in [1.54, 1.807) is 0 Å². The molecular formula is C13H20N4. The molecule has 17 heavy (non-hydrogen) atoms. The fourth-order valence-electron chi connectivity index (χ4n) is 2.97. The Kier molecular flexibility index (Phi) is 2.84. The first-order valence-electron chi connectivity index (χ1n) is 6.49. The summed E-state index contributed by atoms with van der Waals surface area (Å²) in [6.07, 6.45) is 5.02. The Labute approximate surface area is 103 Å². The number of nitrogens with zero attached hydrogens (tertiary/aromatic N) is 4. The Bertz CT molecular complexity index is 366. The number of rotatable bonds is 3. The second kappa shape index (κ2) is 4.35. The number of hydrogen-bond donors (Lipinski definition) is 0. The van der Waals surface area contributed by atoms with Crippen molar-refractivity contribution in [1.82, 2.24) is 19.8 Å². The maximum atomic E-state index is 4.32. The standard InChI is InChI=1S/C13H20N4/c1-10(2)16-7-11-6-12(8-16)17(11)9-13-14-4-3-5-15-13/h3-5,10-12H,6-9H2,1-2H3. The molecule has 0 aromatic carbocycles. The van der Waals surface area contributed by atoms with Crippen LogP contribution in [0.2, 0.25) is 0 Å². The maximum Gasteiger partial charge on any atom is 0.142 e. The van der Waals surface area contributed by atoms with Crippen LogP contribution in [0.25, 0.3) is 0 Å². The van der Waals surface area contributed by atoms with Crippen molar-refractivity contribution in [2.24, 2.45) is 0 Å². The Hall–Kier alpha value is -1.00. The van der Waals surface area contributed by atoms with Crippen LogP contribution >= 0.6 is 0 Å². The van der Waals surface area contributed by atoms with Gasteiger partial charge in [-0.25, -0.2) is 9.97 Å². The van der Waals surface area contributed by atoms with E-state index < -0.39 is 0 Å². The molecule has 0 spiro atoms. The highest BCUT2D eigenvalue weighted by molar-refractivity contribution is 5.03. The third kappa shape index (κ3) is 2.07. The van der Waals surface area contributed by atoms with Gasteiger partial charge in [0, 0.05) is 43.6 Å².